The fourth-order valence-electron chi connectivity index (χ4n) is 1.71. The Hall–Kier alpha value is -0.160. The Balaban J connectivity index is 2.13. The van der Waals surface area contributed by atoms with Crippen LogP contribution in [0.5, 0.6) is 0 Å². The summed E-state index contributed by atoms with van der Waals surface area (Å²) in [5, 5.41) is 24.8. The minimum Gasteiger partial charge on any atom is -0.390 e. The van der Waals surface area contributed by atoms with Crippen LogP contribution in [0.15, 0.2) is 0 Å². The van der Waals surface area contributed by atoms with Crippen LogP contribution in [0.3, 0.4) is 0 Å². The molecule has 0 radical (unpaired) electrons. The number of nitrogens with one attached hydrogen (secondary N) is 2. The highest BCUT2D eigenvalue weighted by Gasteiger charge is 2.42. The number of hydrogen-bond acceptors (Lipinski definition) is 4. The Morgan fingerprint density at radius 3 is 2.60 bits per heavy atom. The van der Waals surface area contributed by atoms with Crippen molar-refractivity contribution >= 4 is 0 Å². The maximum absolute atomic E-state index is 9.39. The van der Waals surface area contributed by atoms with E-state index in [2.05, 4.69) is 10.6 Å². The molecule has 2 fully saturated rings. The molecular formula is C6H12N2O2. The molecule has 4 N–H and O–H groups in total. The van der Waals surface area contributed by atoms with Gasteiger partial charge in [0, 0.05) is 19.1 Å². The van der Waals surface area contributed by atoms with Gasteiger partial charge in [0.1, 0.15) is 0 Å². The van der Waals surface area contributed by atoms with Crippen molar-refractivity contribution in [3.05, 3.63) is 0 Å². The van der Waals surface area contributed by atoms with Gasteiger partial charge in [0.05, 0.1) is 18.2 Å². The first kappa shape index (κ1) is 6.54. The molecule has 2 bridgehead atoms. The zero-order chi connectivity index (χ0) is 7.14. The van der Waals surface area contributed by atoms with Crippen molar-refractivity contribution in [1.82, 2.24) is 10.6 Å². The molecule has 4 atom stereocenters. The van der Waals surface area contributed by atoms with Crippen molar-refractivity contribution in [2.75, 3.05) is 13.1 Å². The van der Waals surface area contributed by atoms with Crippen molar-refractivity contribution in [3.63, 3.8) is 0 Å². The van der Waals surface area contributed by atoms with E-state index in [-0.39, 0.29) is 12.1 Å². The third-order valence-electron chi connectivity index (χ3n) is 2.36. The number of β-amino-alcohol motifs (C(OH)–C–C–N with tert-alkyl or cyclic N) is 1. The van der Waals surface area contributed by atoms with Gasteiger partial charge in [0.2, 0.25) is 0 Å². The number of fused-ring (bicyclic) bond motifs is 2. The van der Waals surface area contributed by atoms with E-state index in [9.17, 15) is 10.2 Å². The van der Waals surface area contributed by atoms with Crippen LogP contribution < -0.4 is 10.6 Å². The van der Waals surface area contributed by atoms with Gasteiger partial charge in [0.15, 0.2) is 0 Å². The highest BCUT2D eigenvalue weighted by atomic mass is 16.3. The molecule has 0 aromatic heterocycles. The van der Waals surface area contributed by atoms with Crippen LogP contribution in [0.4, 0.5) is 0 Å². The van der Waals surface area contributed by atoms with Crippen molar-refractivity contribution in [1.29, 1.82) is 0 Å². The summed E-state index contributed by atoms with van der Waals surface area (Å²) < 4.78 is 0. The van der Waals surface area contributed by atoms with E-state index in [0.29, 0.717) is 6.54 Å². The van der Waals surface area contributed by atoms with Crippen molar-refractivity contribution in [2.45, 2.75) is 24.3 Å². The minimum atomic E-state index is -0.436. The largest absolute Gasteiger partial charge is 0.390 e. The molecule has 2 saturated heterocycles. The quantitative estimate of drug-likeness (QED) is 0.307. The first-order valence-corrected chi connectivity index (χ1v) is 3.62. The molecule has 0 unspecified atom stereocenters. The van der Waals surface area contributed by atoms with Crippen LogP contribution in [0.25, 0.3) is 0 Å². The van der Waals surface area contributed by atoms with E-state index in [1.807, 2.05) is 0 Å². The van der Waals surface area contributed by atoms with Crippen molar-refractivity contribution < 1.29 is 10.2 Å². The Morgan fingerprint density at radius 2 is 1.90 bits per heavy atom. The molecule has 10 heavy (non-hydrogen) atoms. The lowest BCUT2D eigenvalue weighted by molar-refractivity contribution is 0.0247. The van der Waals surface area contributed by atoms with Gasteiger partial charge in [-0.15, -0.1) is 0 Å². The Morgan fingerprint density at radius 1 is 1.10 bits per heavy atom. The average Bonchev–Trinajstić information content (AvgIpc) is 2.13. The number of aliphatic hydroxyl groups excluding tert-OH is 2. The summed E-state index contributed by atoms with van der Waals surface area (Å²) in [5.74, 6) is 0. The van der Waals surface area contributed by atoms with Crippen LogP contribution in [0.1, 0.15) is 0 Å². The van der Waals surface area contributed by atoms with E-state index < -0.39 is 12.2 Å². The summed E-state index contributed by atoms with van der Waals surface area (Å²) in [6, 6.07) is 0.0413. The van der Waals surface area contributed by atoms with Gasteiger partial charge >= 0.3 is 0 Å². The summed E-state index contributed by atoms with van der Waals surface area (Å²) in [7, 11) is 0. The predicted octanol–water partition coefficient (Wildman–Crippen LogP) is -2.35. The molecular weight excluding hydrogens is 132 g/mol. The minimum absolute atomic E-state index is 0.105. The first-order valence-electron chi connectivity index (χ1n) is 3.62. The third kappa shape index (κ3) is 0.769. The van der Waals surface area contributed by atoms with Gasteiger partial charge in [-0.05, 0) is 0 Å². The molecule has 0 aliphatic carbocycles. The summed E-state index contributed by atoms with van der Waals surface area (Å²) in [6.07, 6.45) is -0.850. The van der Waals surface area contributed by atoms with Crippen molar-refractivity contribution in [3.8, 4) is 0 Å². The predicted molar refractivity (Wildman–Crippen MR) is 35.6 cm³/mol. The lowest BCUT2D eigenvalue weighted by Gasteiger charge is -2.29. The molecule has 0 amide bonds. The SMILES string of the molecule is O[C@H]1[C@H]2NC[C@@H]1NC[C@H]2O. The van der Waals surface area contributed by atoms with Crippen LogP contribution >= 0.6 is 0 Å². The topological polar surface area (TPSA) is 64.5 Å². The molecule has 0 aromatic rings. The molecule has 4 heteroatoms. The van der Waals surface area contributed by atoms with Gasteiger partial charge in [-0.25, -0.2) is 0 Å². The monoisotopic (exact) mass is 144 g/mol. The number of hydrogen-bond donors (Lipinski definition) is 4. The first-order chi connectivity index (χ1) is 4.79. The molecule has 2 aliphatic heterocycles. The third-order valence-corrected chi connectivity index (χ3v) is 2.36. The molecule has 2 aliphatic rings. The summed E-state index contributed by atoms with van der Waals surface area (Å²) in [6.45, 7) is 1.36. The van der Waals surface area contributed by atoms with Gasteiger partial charge in [-0.2, -0.15) is 0 Å². The average molecular weight is 144 g/mol. The highest BCUT2D eigenvalue weighted by molar-refractivity contribution is 5.03. The lowest BCUT2D eigenvalue weighted by atomic mass is 9.99. The standard InChI is InChI=1S/C6H12N2O2/c9-4-2-7-3-1-8-5(4)6(3)10/h3-10H,1-2H2/t3-,4+,5-,6+/m0/s1. The second-order valence-electron chi connectivity index (χ2n) is 3.01. The second-order valence-corrected chi connectivity index (χ2v) is 3.01. The van der Waals surface area contributed by atoms with Crippen molar-refractivity contribution in [2.24, 2.45) is 0 Å². The second kappa shape index (κ2) is 2.17. The summed E-state index contributed by atoms with van der Waals surface area (Å²) in [5.41, 5.74) is 0. The van der Waals surface area contributed by atoms with Gasteiger partial charge in [-0.3, -0.25) is 0 Å². The molecule has 0 aromatic carbocycles. The Kier molecular flexibility index (Phi) is 1.42. The van der Waals surface area contributed by atoms with E-state index in [4.69, 9.17) is 0 Å². The molecule has 4 nitrogen and oxygen atoms in total. The normalized spacial score (nSPS) is 53.4. The van der Waals surface area contributed by atoms with E-state index in [0.717, 1.165) is 6.54 Å². The van der Waals surface area contributed by atoms with Crippen LogP contribution in [0.2, 0.25) is 0 Å². The molecule has 0 spiro atoms. The van der Waals surface area contributed by atoms with Gasteiger partial charge in [-0.1, -0.05) is 0 Å². The van der Waals surface area contributed by atoms with E-state index in [1.54, 1.807) is 0 Å². The molecule has 0 saturated carbocycles. The Bertz CT molecular complexity index is 142. The molecule has 2 heterocycles. The fraction of sp³-hybridized carbons (Fsp3) is 1.00. The smallest absolute Gasteiger partial charge is 0.0884 e. The lowest BCUT2D eigenvalue weighted by Crippen LogP contribution is -2.56. The van der Waals surface area contributed by atoms with Crippen LogP contribution in [0, 0.1) is 0 Å². The maximum Gasteiger partial charge on any atom is 0.0884 e. The molecule has 58 valence electrons. The van der Waals surface area contributed by atoms with Gasteiger partial charge < -0.3 is 20.8 Å². The summed E-state index contributed by atoms with van der Waals surface area (Å²) >= 11 is 0. The van der Waals surface area contributed by atoms with Gasteiger partial charge in [0.25, 0.3) is 0 Å². The maximum atomic E-state index is 9.39. The van der Waals surface area contributed by atoms with E-state index >= 15 is 0 Å². The van der Waals surface area contributed by atoms with Crippen LogP contribution in [-0.4, -0.2) is 47.6 Å². The summed E-state index contributed by atoms with van der Waals surface area (Å²) in [4.78, 5) is 0. The molecule has 2 rings (SSSR count). The number of aliphatic hydroxyl groups is 2. The highest BCUT2D eigenvalue weighted by Crippen LogP contribution is 2.15. The number of rotatable bonds is 0. The Labute approximate surface area is 59.2 Å². The van der Waals surface area contributed by atoms with E-state index in [1.165, 1.54) is 0 Å². The van der Waals surface area contributed by atoms with Crippen LogP contribution in [-0.2, 0) is 0 Å². The zero-order valence-corrected chi connectivity index (χ0v) is 5.62. The fourth-order valence-corrected chi connectivity index (χ4v) is 1.71. The zero-order valence-electron chi connectivity index (χ0n) is 5.62. The number of piperidine rings is 1.